The van der Waals surface area contributed by atoms with Gasteiger partial charge in [-0.15, -0.1) is 0 Å². The number of methoxy groups -OCH3 is 1. The molecule has 0 heterocycles. The summed E-state index contributed by atoms with van der Waals surface area (Å²) in [7, 11) is 5.45. The second kappa shape index (κ2) is 12.3. The minimum atomic E-state index is -0.632. The summed E-state index contributed by atoms with van der Waals surface area (Å²) in [6.45, 7) is 6.36. The van der Waals surface area contributed by atoms with Gasteiger partial charge in [0.25, 0.3) is 0 Å². The third-order valence-electron chi connectivity index (χ3n) is 5.05. The van der Waals surface area contributed by atoms with Crippen molar-refractivity contribution in [2.24, 2.45) is 0 Å². The predicted molar refractivity (Wildman–Crippen MR) is 124 cm³/mol. The van der Waals surface area contributed by atoms with Crippen LogP contribution in [0.3, 0.4) is 0 Å². The Morgan fingerprint density at radius 3 is 2.26 bits per heavy atom. The number of hydrogen-bond acceptors (Lipinski definition) is 6. The van der Waals surface area contributed by atoms with E-state index in [1.165, 1.54) is 0 Å². The van der Waals surface area contributed by atoms with Crippen LogP contribution in [0.1, 0.15) is 11.1 Å². The normalized spacial score (nSPS) is 12.1. The lowest BCUT2D eigenvalue weighted by Crippen LogP contribution is -2.39. The van der Waals surface area contributed by atoms with Crippen LogP contribution >= 0.6 is 0 Å². The zero-order valence-electron chi connectivity index (χ0n) is 19.2. The standard InChI is InChI=1S/C24H35N3O4/c1-18-9-8-10-19(2)24(18)25-23(29)16-27(4)14-13-26(3)15-20(28)17-31-22-12-7-6-11-21(22)30-5/h6-12,20,28H,13-17H2,1-5H3,(H,25,29). The number of nitrogens with one attached hydrogen (secondary N) is 1. The molecule has 2 aromatic carbocycles. The molecule has 0 spiro atoms. The van der Waals surface area contributed by atoms with Crippen LogP contribution < -0.4 is 14.8 Å². The van der Waals surface area contributed by atoms with Crippen LogP contribution in [0.25, 0.3) is 0 Å². The van der Waals surface area contributed by atoms with Crippen molar-refractivity contribution in [3.63, 3.8) is 0 Å². The monoisotopic (exact) mass is 429 g/mol. The molecule has 2 rings (SSSR count). The molecule has 0 saturated carbocycles. The van der Waals surface area contributed by atoms with Crippen molar-refractivity contribution in [3.05, 3.63) is 53.6 Å². The average molecular weight is 430 g/mol. The third-order valence-corrected chi connectivity index (χ3v) is 5.05. The zero-order valence-corrected chi connectivity index (χ0v) is 19.2. The highest BCUT2D eigenvalue weighted by atomic mass is 16.5. The van der Waals surface area contributed by atoms with Crippen molar-refractivity contribution in [1.29, 1.82) is 0 Å². The van der Waals surface area contributed by atoms with Gasteiger partial charge < -0.3 is 24.8 Å². The molecule has 0 saturated heterocycles. The zero-order chi connectivity index (χ0) is 22.8. The van der Waals surface area contributed by atoms with E-state index < -0.39 is 6.10 Å². The molecule has 1 unspecified atom stereocenters. The largest absolute Gasteiger partial charge is 0.493 e. The molecule has 0 bridgehead atoms. The number of carbonyl (C=O) groups is 1. The summed E-state index contributed by atoms with van der Waals surface area (Å²) < 4.78 is 10.9. The van der Waals surface area contributed by atoms with E-state index in [2.05, 4.69) is 5.32 Å². The first-order valence-corrected chi connectivity index (χ1v) is 10.5. The number of rotatable bonds is 12. The minimum absolute atomic E-state index is 0.0344. The van der Waals surface area contributed by atoms with Gasteiger partial charge in [-0.3, -0.25) is 9.69 Å². The highest BCUT2D eigenvalue weighted by Crippen LogP contribution is 2.25. The highest BCUT2D eigenvalue weighted by molar-refractivity contribution is 5.93. The number of ether oxygens (including phenoxy) is 2. The van der Waals surface area contributed by atoms with Crippen LogP contribution in [0, 0.1) is 13.8 Å². The average Bonchev–Trinajstić information content (AvgIpc) is 2.73. The smallest absolute Gasteiger partial charge is 0.238 e. The molecule has 0 fully saturated rings. The fraction of sp³-hybridized carbons (Fsp3) is 0.458. The van der Waals surface area contributed by atoms with Gasteiger partial charge in [0.15, 0.2) is 11.5 Å². The first-order valence-electron chi connectivity index (χ1n) is 10.5. The van der Waals surface area contributed by atoms with Gasteiger partial charge in [0.1, 0.15) is 12.7 Å². The predicted octanol–water partition coefficient (Wildman–Crippen LogP) is 2.55. The highest BCUT2D eigenvalue weighted by Gasteiger charge is 2.13. The number of carbonyl (C=O) groups excluding carboxylic acids is 1. The van der Waals surface area contributed by atoms with Crippen LogP contribution in [0.5, 0.6) is 11.5 Å². The lowest BCUT2D eigenvalue weighted by molar-refractivity contribution is -0.117. The summed E-state index contributed by atoms with van der Waals surface area (Å²) >= 11 is 0. The quantitative estimate of drug-likeness (QED) is 0.540. The molecule has 170 valence electrons. The number of para-hydroxylation sites is 3. The number of aliphatic hydroxyl groups is 1. The van der Waals surface area contributed by atoms with Crippen molar-refractivity contribution in [2.45, 2.75) is 20.0 Å². The molecule has 0 aliphatic rings. The Balaban J connectivity index is 1.70. The van der Waals surface area contributed by atoms with Crippen molar-refractivity contribution in [3.8, 4) is 11.5 Å². The molecule has 7 heteroatoms. The molecule has 0 aliphatic carbocycles. The Hall–Kier alpha value is -2.61. The summed E-state index contributed by atoms with van der Waals surface area (Å²) in [4.78, 5) is 16.4. The summed E-state index contributed by atoms with van der Waals surface area (Å²) in [6.07, 6.45) is -0.632. The van der Waals surface area contributed by atoms with E-state index in [1.807, 2.05) is 80.2 Å². The fourth-order valence-electron chi connectivity index (χ4n) is 3.28. The van der Waals surface area contributed by atoms with Gasteiger partial charge in [0, 0.05) is 25.3 Å². The summed E-state index contributed by atoms with van der Waals surface area (Å²) in [6, 6.07) is 13.3. The Morgan fingerprint density at radius 2 is 1.61 bits per heavy atom. The Kier molecular flexibility index (Phi) is 9.78. The second-order valence-corrected chi connectivity index (χ2v) is 7.93. The van der Waals surface area contributed by atoms with Gasteiger partial charge >= 0.3 is 0 Å². The van der Waals surface area contributed by atoms with Gasteiger partial charge in [-0.25, -0.2) is 0 Å². The Morgan fingerprint density at radius 1 is 1.00 bits per heavy atom. The molecular formula is C24H35N3O4. The molecule has 1 atom stereocenters. The number of aliphatic hydroxyl groups excluding tert-OH is 1. The van der Waals surface area contributed by atoms with Crippen molar-refractivity contribution in [2.75, 3.05) is 59.3 Å². The number of anilines is 1. The van der Waals surface area contributed by atoms with Gasteiger partial charge in [0.2, 0.25) is 5.91 Å². The Labute approximate surface area is 185 Å². The maximum Gasteiger partial charge on any atom is 0.238 e. The third kappa shape index (κ3) is 8.20. The first kappa shape index (κ1) is 24.7. The lowest BCUT2D eigenvalue weighted by Gasteiger charge is -2.24. The van der Waals surface area contributed by atoms with Gasteiger partial charge in [-0.1, -0.05) is 30.3 Å². The number of benzene rings is 2. The number of amides is 1. The molecule has 31 heavy (non-hydrogen) atoms. The molecule has 0 aromatic heterocycles. The minimum Gasteiger partial charge on any atom is -0.493 e. The molecule has 7 nitrogen and oxygen atoms in total. The summed E-state index contributed by atoms with van der Waals surface area (Å²) in [5, 5.41) is 13.3. The number of hydrogen-bond donors (Lipinski definition) is 2. The van der Waals surface area contributed by atoms with Crippen molar-refractivity contribution in [1.82, 2.24) is 9.80 Å². The number of likely N-dealkylation sites (N-methyl/N-ethyl adjacent to an activating group) is 2. The van der Waals surface area contributed by atoms with Gasteiger partial charge in [-0.2, -0.15) is 0 Å². The molecular weight excluding hydrogens is 394 g/mol. The van der Waals surface area contributed by atoms with E-state index in [-0.39, 0.29) is 12.5 Å². The van der Waals surface area contributed by atoms with Crippen LogP contribution in [0.15, 0.2) is 42.5 Å². The Bertz CT molecular complexity index is 823. The molecule has 0 aliphatic heterocycles. The van der Waals surface area contributed by atoms with E-state index in [1.54, 1.807) is 7.11 Å². The van der Waals surface area contributed by atoms with Crippen molar-refractivity contribution >= 4 is 11.6 Å². The molecule has 2 aromatic rings. The summed E-state index contributed by atoms with van der Waals surface area (Å²) in [5.74, 6) is 1.22. The molecule has 1 amide bonds. The van der Waals surface area contributed by atoms with Crippen molar-refractivity contribution < 1.29 is 19.4 Å². The van der Waals surface area contributed by atoms with E-state index in [0.29, 0.717) is 31.1 Å². The second-order valence-electron chi connectivity index (χ2n) is 7.93. The van der Waals surface area contributed by atoms with Gasteiger partial charge in [-0.05, 0) is 51.2 Å². The first-order chi connectivity index (χ1) is 14.8. The maximum atomic E-state index is 12.4. The fourth-order valence-corrected chi connectivity index (χ4v) is 3.28. The van der Waals surface area contributed by atoms with E-state index >= 15 is 0 Å². The van der Waals surface area contributed by atoms with E-state index in [4.69, 9.17) is 9.47 Å². The van der Waals surface area contributed by atoms with Crippen LogP contribution in [0.4, 0.5) is 5.69 Å². The van der Waals surface area contributed by atoms with E-state index in [0.717, 1.165) is 23.4 Å². The molecule has 2 N–H and O–H groups in total. The van der Waals surface area contributed by atoms with E-state index in [9.17, 15) is 9.90 Å². The topological polar surface area (TPSA) is 74.3 Å². The number of aryl methyl sites for hydroxylation is 2. The van der Waals surface area contributed by atoms with Crippen LogP contribution in [0.2, 0.25) is 0 Å². The maximum absolute atomic E-state index is 12.4. The van der Waals surface area contributed by atoms with Crippen LogP contribution in [-0.2, 0) is 4.79 Å². The SMILES string of the molecule is COc1ccccc1OCC(O)CN(C)CCN(C)CC(=O)Nc1c(C)cccc1C. The van der Waals surface area contributed by atoms with Gasteiger partial charge in [0.05, 0.1) is 13.7 Å². The molecule has 0 radical (unpaired) electrons. The van der Waals surface area contributed by atoms with Crippen LogP contribution in [-0.4, -0.2) is 80.9 Å². The number of nitrogens with zero attached hydrogens (tertiary/aromatic N) is 2. The lowest BCUT2D eigenvalue weighted by atomic mass is 10.1. The summed E-state index contributed by atoms with van der Waals surface area (Å²) in [5.41, 5.74) is 3.00.